The fourth-order valence-corrected chi connectivity index (χ4v) is 4.85. The number of ether oxygens (including phenoxy) is 3. The number of hydrogen-bond acceptors (Lipinski definition) is 7. The van der Waals surface area contributed by atoms with Crippen LogP contribution in [0.25, 0.3) is 0 Å². The predicted molar refractivity (Wildman–Crippen MR) is 138 cm³/mol. The molecule has 0 spiro atoms. The number of anilines is 1. The van der Waals surface area contributed by atoms with E-state index < -0.39 is 27.9 Å². The lowest BCUT2D eigenvalue weighted by Crippen LogP contribution is -2.45. The molecule has 2 N–H and O–H groups in total. The zero-order valence-corrected chi connectivity index (χ0v) is 22.2. The third-order valence-electron chi connectivity index (χ3n) is 5.21. The molecule has 9 nitrogen and oxygen atoms in total. The Hall–Kier alpha value is -3.41. The predicted octanol–water partition coefficient (Wildman–Crippen LogP) is 3.78. The third-order valence-corrected chi connectivity index (χ3v) is 7.22. The van der Waals surface area contributed by atoms with Crippen LogP contribution in [0.3, 0.4) is 0 Å². The van der Waals surface area contributed by atoms with Crippen LogP contribution in [-0.2, 0) is 26.0 Å². The average Bonchev–Trinajstić information content (AvgIpc) is 2.88. The Morgan fingerprint density at radius 3 is 2.11 bits per heavy atom. The van der Waals surface area contributed by atoms with E-state index >= 15 is 0 Å². The van der Waals surface area contributed by atoms with Gasteiger partial charge in [-0.25, -0.2) is 13.2 Å². The van der Waals surface area contributed by atoms with Crippen LogP contribution in [0, 0.1) is 0 Å². The van der Waals surface area contributed by atoms with Crippen LogP contribution < -0.4 is 19.5 Å². The number of carbonyl (C=O) groups excluding carboxylic acids is 2. The number of sulfonamides is 1. The van der Waals surface area contributed by atoms with E-state index in [9.17, 15) is 18.0 Å². The molecule has 1 atom stereocenters. The zero-order chi connectivity index (χ0) is 26.3. The first kappa shape index (κ1) is 27.2. The number of benzene rings is 3. The van der Waals surface area contributed by atoms with Crippen molar-refractivity contribution in [2.24, 2.45) is 0 Å². The molecule has 11 heteroatoms. The Morgan fingerprint density at radius 2 is 1.53 bits per heavy atom. The summed E-state index contributed by atoms with van der Waals surface area (Å²) in [5, 5.41) is 2.65. The zero-order valence-electron chi connectivity index (χ0n) is 19.8. The van der Waals surface area contributed by atoms with Crippen molar-refractivity contribution in [3.8, 4) is 11.5 Å². The van der Waals surface area contributed by atoms with Gasteiger partial charge in [-0.2, -0.15) is 4.72 Å². The molecule has 0 saturated heterocycles. The Morgan fingerprint density at radius 1 is 0.917 bits per heavy atom. The Bertz CT molecular complexity index is 1330. The van der Waals surface area contributed by atoms with Crippen LogP contribution in [0.1, 0.15) is 15.9 Å². The minimum Gasteiger partial charge on any atom is -0.493 e. The lowest BCUT2D eigenvalue weighted by Gasteiger charge is -2.20. The van der Waals surface area contributed by atoms with Crippen molar-refractivity contribution >= 4 is 43.5 Å². The van der Waals surface area contributed by atoms with Crippen LogP contribution in [0.15, 0.2) is 76.1 Å². The first-order valence-corrected chi connectivity index (χ1v) is 12.9. The summed E-state index contributed by atoms with van der Waals surface area (Å²) < 4.78 is 44.7. The quantitative estimate of drug-likeness (QED) is 0.352. The SMILES string of the molecule is COC(=O)c1cc(OC)c(OC)cc1NC(=O)[C@H](Cc1ccccc1)NS(=O)(=O)c1ccc(Br)cc1. The molecule has 0 saturated carbocycles. The second kappa shape index (κ2) is 12.0. The van der Waals surface area contributed by atoms with Crippen molar-refractivity contribution in [3.63, 3.8) is 0 Å². The molecule has 0 radical (unpaired) electrons. The van der Waals surface area contributed by atoms with Crippen molar-refractivity contribution in [1.29, 1.82) is 0 Å². The normalized spacial score (nSPS) is 11.9. The second-order valence-electron chi connectivity index (χ2n) is 7.55. The van der Waals surface area contributed by atoms with Gasteiger partial charge in [-0.15, -0.1) is 0 Å². The maximum atomic E-state index is 13.4. The second-order valence-corrected chi connectivity index (χ2v) is 10.2. The molecule has 3 aromatic carbocycles. The number of esters is 1. The van der Waals surface area contributed by atoms with Gasteiger partial charge in [0.05, 0.1) is 37.5 Å². The maximum Gasteiger partial charge on any atom is 0.340 e. The highest BCUT2D eigenvalue weighted by atomic mass is 79.9. The van der Waals surface area contributed by atoms with E-state index in [-0.39, 0.29) is 34.1 Å². The lowest BCUT2D eigenvalue weighted by molar-refractivity contribution is -0.117. The van der Waals surface area contributed by atoms with Crippen molar-refractivity contribution in [2.75, 3.05) is 26.6 Å². The Kier molecular flexibility index (Phi) is 9.08. The third kappa shape index (κ3) is 6.62. The highest BCUT2D eigenvalue weighted by molar-refractivity contribution is 9.10. The fraction of sp³-hybridized carbons (Fsp3) is 0.200. The van der Waals surface area contributed by atoms with Gasteiger partial charge in [0.1, 0.15) is 6.04 Å². The van der Waals surface area contributed by atoms with E-state index in [1.165, 1.54) is 45.6 Å². The van der Waals surface area contributed by atoms with E-state index in [0.717, 1.165) is 5.56 Å². The number of methoxy groups -OCH3 is 3. The molecule has 0 fully saturated rings. The summed E-state index contributed by atoms with van der Waals surface area (Å²) in [6, 6.07) is 16.6. The summed E-state index contributed by atoms with van der Waals surface area (Å²) in [4.78, 5) is 25.8. The number of carbonyl (C=O) groups is 2. The molecule has 36 heavy (non-hydrogen) atoms. The number of halogens is 1. The van der Waals surface area contributed by atoms with Crippen LogP contribution in [0.2, 0.25) is 0 Å². The highest BCUT2D eigenvalue weighted by Crippen LogP contribution is 2.34. The van der Waals surface area contributed by atoms with Gasteiger partial charge in [-0.05, 0) is 36.2 Å². The monoisotopic (exact) mass is 576 g/mol. The van der Waals surface area contributed by atoms with Gasteiger partial charge in [-0.1, -0.05) is 46.3 Å². The molecule has 190 valence electrons. The Labute approximate surface area is 217 Å². The van der Waals surface area contributed by atoms with E-state index in [2.05, 4.69) is 26.0 Å². The minimum atomic E-state index is -4.06. The van der Waals surface area contributed by atoms with Gasteiger partial charge in [0, 0.05) is 16.6 Å². The van der Waals surface area contributed by atoms with Gasteiger partial charge < -0.3 is 19.5 Å². The van der Waals surface area contributed by atoms with E-state index in [1.807, 2.05) is 6.07 Å². The standard InChI is InChI=1S/C25H25BrN2O7S/c1-33-22-14-19(25(30)35-3)20(15-23(22)34-2)27-24(29)21(13-16-7-5-4-6-8-16)28-36(31,32)18-11-9-17(26)10-12-18/h4-12,14-15,21,28H,13H2,1-3H3,(H,27,29)/t21-/m0/s1. The van der Waals surface area contributed by atoms with Crippen LogP contribution in [0.4, 0.5) is 5.69 Å². The molecule has 0 aliphatic rings. The summed E-state index contributed by atoms with van der Waals surface area (Å²) in [6.07, 6.45) is 0.0588. The summed E-state index contributed by atoms with van der Waals surface area (Å²) in [5.41, 5.74) is 0.819. The van der Waals surface area contributed by atoms with Gasteiger partial charge in [-0.3, -0.25) is 4.79 Å². The summed E-state index contributed by atoms with van der Waals surface area (Å²) in [5.74, 6) is -0.888. The highest BCUT2D eigenvalue weighted by Gasteiger charge is 2.28. The summed E-state index contributed by atoms with van der Waals surface area (Å²) in [6.45, 7) is 0. The van der Waals surface area contributed by atoms with E-state index in [4.69, 9.17) is 14.2 Å². The van der Waals surface area contributed by atoms with Gasteiger partial charge in [0.2, 0.25) is 15.9 Å². The molecular weight excluding hydrogens is 552 g/mol. The van der Waals surface area contributed by atoms with Crippen LogP contribution in [-0.4, -0.2) is 47.7 Å². The van der Waals surface area contributed by atoms with Gasteiger partial charge >= 0.3 is 5.97 Å². The van der Waals surface area contributed by atoms with Crippen LogP contribution >= 0.6 is 15.9 Å². The van der Waals surface area contributed by atoms with Crippen molar-refractivity contribution < 1.29 is 32.2 Å². The summed E-state index contributed by atoms with van der Waals surface area (Å²) in [7, 11) is -0.0374. The molecule has 0 aromatic heterocycles. The van der Waals surface area contributed by atoms with E-state index in [1.54, 1.807) is 36.4 Å². The lowest BCUT2D eigenvalue weighted by atomic mass is 10.1. The van der Waals surface area contributed by atoms with Crippen LogP contribution in [0.5, 0.6) is 11.5 Å². The molecule has 1 amide bonds. The summed E-state index contributed by atoms with van der Waals surface area (Å²) >= 11 is 3.28. The molecule has 0 bridgehead atoms. The maximum absolute atomic E-state index is 13.4. The molecule has 0 unspecified atom stereocenters. The van der Waals surface area contributed by atoms with E-state index in [0.29, 0.717) is 4.47 Å². The molecular formula is C25H25BrN2O7S. The topological polar surface area (TPSA) is 120 Å². The molecule has 3 rings (SSSR count). The molecule has 0 aliphatic heterocycles. The number of nitrogens with one attached hydrogen (secondary N) is 2. The largest absolute Gasteiger partial charge is 0.493 e. The molecule has 0 heterocycles. The number of hydrogen-bond donors (Lipinski definition) is 2. The smallest absolute Gasteiger partial charge is 0.340 e. The average molecular weight is 577 g/mol. The van der Waals surface area contributed by atoms with Gasteiger partial charge in [0.25, 0.3) is 0 Å². The Balaban J connectivity index is 1.98. The molecule has 0 aliphatic carbocycles. The van der Waals surface area contributed by atoms with Gasteiger partial charge in [0.15, 0.2) is 11.5 Å². The first-order valence-electron chi connectivity index (χ1n) is 10.7. The van der Waals surface area contributed by atoms with Crippen molar-refractivity contribution in [2.45, 2.75) is 17.4 Å². The number of rotatable bonds is 10. The van der Waals surface area contributed by atoms with Crippen molar-refractivity contribution in [3.05, 3.63) is 82.3 Å². The first-order chi connectivity index (χ1) is 17.2. The number of amides is 1. The minimum absolute atomic E-state index is 0.00192. The molecule has 3 aromatic rings. The fourth-order valence-electron chi connectivity index (χ4n) is 3.39. The van der Waals surface area contributed by atoms with Crippen molar-refractivity contribution in [1.82, 2.24) is 4.72 Å².